The molecule has 1 nitrogen and oxygen atoms in total. The monoisotopic (exact) mass is 162 g/mol. The zero-order valence-corrected chi connectivity index (χ0v) is 7.79. The van der Waals surface area contributed by atoms with Gasteiger partial charge in [-0.1, -0.05) is 18.2 Å². The second-order valence-corrected chi connectivity index (χ2v) is 2.73. The van der Waals surface area contributed by atoms with Gasteiger partial charge in [-0.2, -0.15) is 0 Å². The van der Waals surface area contributed by atoms with Gasteiger partial charge in [0.15, 0.2) is 0 Å². The van der Waals surface area contributed by atoms with Crippen molar-refractivity contribution in [2.45, 2.75) is 13.8 Å². The molecular formula is C11H14O. The van der Waals surface area contributed by atoms with Gasteiger partial charge >= 0.3 is 0 Å². The van der Waals surface area contributed by atoms with Crippen LogP contribution in [0.5, 0.6) is 5.75 Å². The summed E-state index contributed by atoms with van der Waals surface area (Å²) >= 11 is 0. The number of hydrogen-bond donors (Lipinski definition) is 0. The Morgan fingerprint density at radius 1 is 1.33 bits per heavy atom. The minimum absolute atomic E-state index is 0.947. The normalized spacial score (nSPS) is 10.6. The number of benzene rings is 1. The Morgan fingerprint density at radius 3 is 2.58 bits per heavy atom. The molecule has 0 radical (unpaired) electrons. The third-order valence-electron chi connectivity index (χ3n) is 1.78. The molecule has 0 unspecified atom stereocenters. The van der Waals surface area contributed by atoms with E-state index < -0.39 is 0 Å². The number of rotatable bonds is 2. The third kappa shape index (κ3) is 1.88. The molecule has 1 heteroatoms. The highest BCUT2D eigenvalue weighted by atomic mass is 16.5. The first kappa shape index (κ1) is 8.85. The smallest absolute Gasteiger partial charge is 0.121 e. The van der Waals surface area contributed by atoms with Gasteiger partial charge in [0, 0.05) is 0 Å². The van der Waals surface area contributed by atoms with Gasteiger partial charge in [0.2, 0.25) is 0 Å². The van der Waals surface area contributed by atoms with Crippen molar-refractivity contribution in [2.75, 3.05) is 7.11 Å². The van der Waals surface area contributed by atoms with Crippen LogP contribution in [0, 0.1) is 6.92 Å². The highest BCUT2D eigenvalue weighted by Crippen LogP contribution is 2.18. The molecular weight excluding hydrogens is 148 g/mol. The summed E-state index contributed by atoms with van der Waals surface area (Å²) in [7, 11) is 1.69. The first-order valence-electron chi connectivity index (χ1n) is 4.05. The summed E-state index contributed by atoms with van der Waals surface area (Å²) in [6.45, 7) is 4.06. The molecule has 0 aliphatic carbocycles. The van der Waals surface area contributed by atoms with Gasteiger partial charge in [-0.3, -0.25) is 0 Å². The lowest BCUT2D eigenvalue weighted by molar-refractivity contribution is 0.411. The molecule has 0 heterocycles. The van der Waals surface area contributed by atoms with Crippen molar-refractivity contribution in [1.82, 2.24) is 0 Å². The Bertz CT molecular complexity index is 287. The van der Waals surface area contributed by atoms with E-state index in [4.69, 9.17) is 4.74 Å². The second-order valence-electron chi connectivity index (χ2n) is 2.73. The van der Waals surface area contributed by atoms with Gasteiger partial charge in [-0.25, -0.2) is 0 Å². The van der Waals surface area contributed by atoms with E-state index in [0.29, 0.717) is 0 Å². The van der Waals surface area contributed by atoms with Gasteiger partial charge in [0.1, 0.15) is 5.75 Å². The maximum absolute atomic E-state index is 5.15. The summed E-state index contributed by atoms with van der Waals surface area (Å²) in [5.41, 5.74) is 2.39. The van der Waals surface area contributed by atoms with E-state index in [0.717, 1.165) is 5.75 Å². The fourth-order valence-corrected chi connectivity index (χ4v) is 1.20. The van der Waals surface area contributed by atoms with Crippen LogP contribution in [0.25, 0.3) is 6.08 Å². The fraction of sp³-hybridized carbons (Fsp3) is 0.273. The number of aryl methyl sites for hydroxylation is 1. The third-order valence-corrected chi connectivity index (χ3v) is 1.78. The summed E-state index contributed by atoms with van der Waals surface area (Å²) in [5.74, 6) is 0.947. The van der Waals surface area contributed by atoms with Crippen molar-refractivity contribution >= 4 is 6.08 Å². The van der Waals surface area contributed by atoms with Crippen LogP contribution < -0.4 is 4.74 Å². The number of ether oxygens (including phenoxy) is 1. The first-order chi connectivity index (χ1) is 5.77. The first-order valence-corrected chi connectivity index (χ1v) is 4.05. The summed E-state index contributed by atoms with van der Waals surface area (Å²) in [4.78, 5) is 0. The lowest BCUT2D eigenvalue weighted by Crippen LogP contribution is -1.86. The summed E-state index contributed by atoms with van der Waals surface area (Å²) in [6, 6.07) is 6.15. The Morgan fingerprint density at radius 2 is 2.08 bits per heavy atom. The standard InChI is InChI=1S/C11H14O/c1-4-5-10-6-7-11(12-3)9(2)8-10/h4-8H,1-3H3/b5-4+. The average molecular weight is 162 g/mol. The molecule has 0 N–H and O–H groups in total. The summed E-state index contributed by atoms with van der Waals surface area (Å²) in [6.07, 6.45) is 4.10. The highest BCUT2D eigenvalue weighted by Gasteiger charge is 1.96. The number of methoxy groups -OCH3 is 1. The SMILES string of the molecule is C/C=C/c1ccc(OC)c(C)c1. The van der Waals surface area contributed by atoms with Crippen molar-refractivity contribution in [3.63, 3.8) is 0 Å². The molecule has 0 saturated heterocycles. The van der Waals surface area contributed by atoms with Gasteiger partial charge in [0.25, 0.3) is 0 Å². The molecule has 0 bridgehead atoms. The molecule has 0 amide bonds. The maximum Gasteiger partial charge on any atom is 0.121 e. The second kappa shape index (κ2) is 3.96. The van der Waals surface area contributed by atoms with Crippen LogP contribution in [0.15, 0.2) is 24.3 Å². The van der Waals surface area contributed by atoms with E-state index in [-0.39, 0.29) is 0 Å². The molecule has 0 aliphatic rings. The van der Waals surface area contributed by atoms with Crippen LogP contribution in [-0.4, -0.2) is 7.11 Å². The Hall–Kier alpha value is -1.24. The van der Waals surface area contributed by atoms with Crippen LogP contribution in [0.2, 0.25) is 0 Å². The van der Waals surface area contributed by atoms with Crippen LogP contribution >= 0.6 is 0 Å². The number of allylic oxidation sites excluding steroid dienone is 1. The van der Waals surface area contributed by atoms with Crippen molar-refractivity contribution in [3.05, 3.63) is 35.4 Å². The molecule has 1 rings (SSSR count). The molecule has 1 aromatic rings. The minimum Gasteiger partial charge on any atom is -0.496 e. The Balaban J connectivity index is 3.01. The van der Waals surface area contributed by atoms with E-state index in [1.807, 2.05) is 32.1 Å². The summed E-state index contributed by atoms with van der Waals surface area (Å²) in [5, 5.41) is 0. The maximum atomic E-state index is 5.15. The highest BCUT2D eigenvalue weighted by molar-refractivity contribution is 5.52. The van der Waals surface area contributed by atoms with E-state index in [1.54, 1.807) is 7.11 Å². The molecule has 1 aromatic carbocycles. The predicted octanol–water partition coefficient (Wildman–Crippen LogP) is 3.04. The lowest BCUT2D eigenvalue weighted by atomic mass is 10.1. The van der Waals surface area contributed by atoms with Crippen molar-refractivity contribution < 1.29 is 4.74 Å². The van der Waals surface area contributed by atoms with Crippen LogP contribution in [-0.2, 0) is 0 Å². The van der Waals surface area contributed by atoms with Crippen LogP contribution in [0.1, 0.15) is 18.1 Å². The van der Waals surface area contributed by atoms with E-state index in [9.17, 15) is 0 Å². The van der Waals surface area contributed by atoms with Gasteiger partial charge < -0.3 is 4.74 Å². The zero-order chi connectivity index (χ0) is 8.97. The quantitative estimate of drug-likeness (QED) is 0.649. The molecule has 0 aromatic heterocycles. The van der Waals surface area contributed by atoms with Crippen molar-refractivity contribution in [3.8, 4) is 5.75 Å². The average Bonchev–Trinajstić information content (AvgIpc) is 2.05. The number of hydrogen-bond acceptors (Lipinski definition) is 1. The Labute approximate surface area is 73.7 Å². The minimum atomic E-state index is 0.947. The lowest BCUT2D eigenvalue weighted by Gasteiger charge is -2.04. The van der Waals surface area contributed by atoms with Crippen molar-refractivity contribution in [2.24, 2.45) is 0 Å². The zero-order valence-electron chi connectivity index (χ0n) is 7.79. The Kier molecular flexibility index (Phi) is 2.92. The topological polar surface area (TPSA) is 9.23 Å². The van der Waals surface area contributed by atoms with Crippen molar-refractivity contribution in [1.29, 1.82) is 0 Å². The summed E-state index contributed by atoms with van der Waals surface area (Å²) < 4.78 is 5.15. The van der Waals surface area contributed by atoms with E-state index in [1.165, 1.54) is 11.1 Å². The van der Waals surface area contributed by atoms with Gasteiger partial charge in [-0.05, 0) is 37.1 Å². The molecule has 0 saturated carbocycles. The van der Waals surface area contributed by atoms with E-state index in [2.05, 4.69) is 12.1 Å². The molecule has 12 heavy (non-hydrogen) atoms. The fourth-order valence-electron chi connectivity index (χ4n) is 1.20. The predicted molar refractivity (Wildman–Crippen MR) is 52.4 cm³/mol. The van der Waals surface area contributed by atoms with Crippen LogP contribution in [0.4, 0.5) is 0 Å². The van der Waals surface area contributed by atoms with Gasteiger partial charge in [-0.15, -0.1) is 0 Å². The molecule has 0 aliphatic heterocycles. The molecule has 0 spiro atoms. The van der Waals surface area contributed by atoms with E-state index >= 15 is 0 Å². The molecule has 0 atom stereocenters. The van der Waals surface area contributed by atoms with Gasteiger partial charge in [0.05, 0.1) is 7.11 Å². The largest absolute Gasteiger partial charge is 0.496 e. The molecule has 64 valence electrons. The molecule has 0 fully saturated rings. The van der Waals surface area contributed by atoms with Crippen LogP contribution in [0.3, 0.4) is 0 Å².